The van der Waals surface area contributed by atoms with Crippen molar-refractivity contribution in [1.29, 1.82) is 0 Å². The summed E-state index contributed by atoms with van der Waals surface area (Å²) < 4.78 is 4.78. The summed E-state index contributed by atoms with van der Waals surface area (Å²) in [6.07, 6.45) is 0.562. The summed E-state index contributed by atoms with van der Waals surface area (Å²) in [6.45, 7) is 1.38. The first-order valence-corrected chi connectivity index (χ1v) is 2.80. The Kier molecular flexibility index (Phi) is 1.67. The van der Waals surface area contributed by atoms with E-state index in [2.05, 4.69) is 0 Å². The monoisotopic (exact) mass is 138 g/mol. The van der Waals surface area contributed by atoms with Crippen LogP contribution in [0.5, 0.6) is 0 Å². The third-order valence-corrected chi connectivity index (χ3v) is 1.09. The Morgan fingerprint density at radius 2 is 2.30 bits per heavy atom. The SMILES string of the molecule is CC(=O)c1ccc(C=O)o1. The van der Waals surface area contributed by atoms with Gasteiger partial charge >= 0.3 is 0 Å². The van der Waals surface area contributed by atoms with Crippen LogP contribution in [0.15, 0.2) is 16.5 Å². The van der Waals surface area contributed by atoms with Gasteiger partial charge in [-0.1, -0.05) is 0 Å². The molecule has 0 atom stereocenters. The van der Waals surface area contributed by atoms with Crippen LogP contribution in [0.3, 0.4) is 0 Å². The Hall–Kier alpha value is -1.38. The van der Waals surface area contributed by atoms with Gasteiger partial charge in [-0.15, -0.1) is 0 Å². The van der Waals surface area contributed by atoms with Crippen molar-refractivity contribution in [2.75, 3.05) is 0 Å². The van der Waals surface area contributed by atoms with Gasteiger partial charge in [0, 0.05) is 6.92 Å². The molecule has 0 spiro atoms. The number of hydrogen-bond donors (Lipinski definition) is 0. The van der Waals surface area contributed by atoms with Crippen LogP contribution in [-0.2, 0) is 0 Å². The van der Waals surface area contributed by atoms with E-state index in [1.807, 2.05) is 0 Å². The molecule has 1 aromatic rings. The van der Waals surface area contributed by atoms with Crippen molar-refractivity contribution in [1.82, 2.24) is 0 Å². The first kappa shape index (κ1) is 6.74. The van der Waals surface area contributed by atoms with Crippen molar-refractivity contribution in [3.8, 4) is 0 Å². The third kappa shape index (κ3) is 1.13. The van der Waals surface area contributed by atoms with Gasteiger partial charge in [0.25, 0.3) is 0 Å². The lowest BCUT2D eigenvalue weighted by molar-refractivity contribution is 0.0983. The second kappa shape index (κ2) is 2.47. The summed E-state index contributed by atoms with van der Waals surface area (Å²) >= 11 is 0. The van der Waals surface area contributed by atoms with Gasteiger partial charge in [0.1, 0.15) is 0 Å². The summed E-state index contributed by atoms with van der Waals surface area (Å²) in [6, 6.07) is 2.94. The maximum Gasteiger partial charge on any atom is 0.194 e. The molecular formula is C7H6O3. The molecular weight excluding hydrogens is 132 g/mol. The predicted octanol–water partition coefficient (Wildman–Crippen LogP) is 1.29. The van der Waals surface area contributed by atoms with Crippen LogP contribution < -0.4 is 0 Å². The first-order valence-electron chi connectivity index (χ1n) is 2.80. The van der Waals surface area contributed by atoms with E-state index in [1.165, 1.54) is 19.1 Å². The van der Waals surface area contributed by atoms with Crippen LogP contribution in [0.4, 0.5) is 0 Å². The molecule has 0 unspecified atom stereocenters. The standard InChI is InChI=1S/C7H6O3/c1-5(9)7-3-2-6(4-8)10-7/h2-4H,1H3. The van der Waals surface area contributed by atoms with Crippen LogP contribution in [-0.4, -0.2) is 12.1 Å². The molecule has 3 nitrogen and oxygen atoms in total. The molecule has 0 aliphatic carbocycles. The summed E-state index contributed by atoms with van der Waals surface area (Å²) in [5.74, 6) is 0.236. The fraction of sp³-hybridized carbons (Fsp3) is 0.143. The van der Waals surface area contributed by atoms with Crippen molar-refractivity contribution < 1.29 is 14.0 Å². The van der Waals surface area contributed by atoms with Gasteiger partial charge < -0.3 is 4.42 Å². The topological polar surface area (TPSA) is 47.3 Å². The quantitative estimate of drug-likeness (QED) is 0.457. The van der Waals surface area contributed by atoms with Crippen LogP contribution in [0.1, 0.15) is 28.0 Å². The second-order valence-corrected chi connectivity index (χ2v) is 1.88. The number of furan rings is 1. The van der Waals surface area contributed by atoms with Crippen molar-refractivity contribution in [3.63, 3.8) is 0 Å². The Morgan fingerprint density at radius 1 is 1.60 bits per heavy atom. The number of hydrogen-bond acceptors (Lipinski definition) is 3. The number of rotatable bonds is 2. The van der Waals surface area contributed by atoms with Gasteiger partial charge in [-0.3, -0.25) is 9.59 Å². The Morgan fingerprint density at radius 3 is 2.60 bits per heavy atom. The predicted molar refractivity (Wildman–Crippen MR) is 34.1 cm³/mol. The zero-order valence-corrected chi connectivity index (χ0v) is 5.46. The minimum Gasteiger partial charge on any atom is -0.450 e. The van der Waals surface area contributed by atoms with E-state index in [1.54, 1.807) is 0 Å². The normalized spacial score (nSPS) is 9.30. The average molecular weight is 138 g/mol. The average Bonchev–Trinajstić information content (AvgIpc) is 2.34. The molecule has 1 aromatic heterocycles. The van der Waals surface area contributed by atoms with Crippen molar-refractivity contribution in [2.24, 2.45) is 0 Å². The zero-order valence-electron chi connectivity index (χ0n) is 5.46. The first-order chi connectivity index (χ1) is 4.74. The van der Waals surface area contributed by atoms with E-state index in [4.69, 9.17) is 4.42 Å². The molecule has 0 fully saturated rings. The highest BCUT2D eigenvalue weighted by atomic mass is 16.4. The highest BCUT2D eigenvalue weighted by molar-refractivity contribution is 5.92. The maximum absolute atomic E-state index is 10.6. The third-order valence-electron chi connectivity index (χ3n) is 1.09. The van der Waals surface area contributed by atoms with E-state index in [-0.39, 0.29) is 17.3 Å². The van der Waals surface area contributed by atoms with Gasteiger partial charge in [0.05, 0.1) is 0 Å². The summed E-state index contributed by atoms with van der Waals surface area (Å²) in [5.41, 5.74) is 0. The molecule has 52 valence electrons. The Balaban J connectivity index is 2.98. The molecule has 0 amide bonds. The lowest BCUT2D eigenvalue weighted by atomic mass is 10.3. The van der Waals surface area contributed by atoms with Gasteiger partial charge in [0.15, 0.2) is 23.6 Å². The fourth-order valence-electron chi connectivity index (χ4n) is 0.605. The molecule has 0 aliphatic rings. The lowest BCUT2D eigenvalue weighted by Crippen LogP contribution is -1.86. The summed E-state index contributed by atoms with van der Waals surface area (Å²) in [4.78, 5) is 20.6. The van der Waals surface area contributed by atoms with Crippen molar-refractivity contribution in [3.05, 3.63) is 23.7 Å². The van der Waals surface area contributed by atoms with E-state index in [9.17, 15) is 9.59 Å². The van der Waals surface area contributed by atoms with Gasteiger partial charge in [0.2, 0.25) is 0 Å². The van der Waals surface area contributed by atoms with Crippen LogP contribution in [0, 0.1) is 0 Å². The maximum atomic E-state index is 10.6. The lowest BCUT2D eigenvalue weighted by Gasteiger charge is -1.82. The van der Waals surface area contributed by atoms with Crippen LogP contribution in [0.25, 0.3) is 0 Å². The van der Waals surface area contributed by atoms with Crippen LogP contribution in [0.2, 0.25) is 0 Å². The number of Topliss-reactive ketones (excluding diaryl/α,β-unsaturated/α-hetero) is 1. The molecule has 1 heterocycles. The fourth-order valence-corrected chi connectivity index (χ4v) is 0.605. The molecule has 0 radical (unpaired) electrons. The largest absolute Gasteiger partial charge is 0.450 e. The summed E-state index contributed by atoms with van der Waals surface area (Å²) in [7, 11) is 0. The van der Waals surface area contributed by atoms with Gasteiger partial charge in [-0.25, -0.2) is 0 Å². The molecule has 0 aliphatic heterocycles. The number of carbonyl (C=O) groups excluding carboxylic acids is 2. The number of carbonyl (C=O) groups is 2. The van der Waals surface area contributed by atoms with E-state index >= 15 is 0 Å². The molecule has 0 aromatic carbocycles. The van der Waals surface area contributed by atoms with Gasteiger partial charge in [-0.2, -0.15) is 0 Å². The molecule has 3 heteroatoms. The van der Waals surface area contributed by atoms with Crippen molar-refractivity contribution in [2.45, 2.75) is 6.92 Å². The minimum absolute atomic E-state index is 0.173. The smallest absolute Gasteiger partial charge is 0.194 e. The molecule has 0 saturated carbocycles. The van der Waals surface area contributed by atoms with Crippen molar-refractivity contribution >= 4 is 12.1 Å². The Labute approximate surface area is 57.6 Å². The highest BCUT2D eigenvalue weighted by Gasteiger charge is 2.03. The number of ketones is 1. The zero-order chi connectivity index (χ0) is 7.56. The van der Waals surface area contributed by atoms with Crippen LogP contribution >= 0.6 is 0 Å². The van der Waals surface area contributed by atoms with E-state index in [0.29, 0.717) is 6.29 Å². The van der Waals surface area contributed by atoms with Gasteiger partial charge in [-0.05, 0) is 12.1 Å². The molecule has 10 heavy (non-hydrogen) atoms. The molecule has 1 rings (SSSR count). The van der Waals surface area contributed by atoms with E-state index in [0.717, 1.165) is 0 Å². The molecule has 0 saturated heterocycles. The summed E-state index contributed by atoms with van der Waals surface area (Å²) in [5, 5.41) is 0. The van der Waals surface area contributed by atoms with E-state index < -0.39 is 0 Å². The highest BCUT2D eigenvalue weighted by Crippen LogP contribution is 2.05. The second-order valence-electron chi connectivity index (χ2n) is 1.88. The molecule has 0 bridgehead atoms. The minimum atomic E-state index is -0.173. The Bertz CT molecular complexity index is 260. The molecule has 0 N–H and O–H groups in total. The number of aldehydes is 1.